The molecule has 0 saturated heterocycles. The van der Waals surface area contributed by atoms with Crippen molar-refractivity contribution in [3.05, 3.63) is 64.2 Å². The van der Waals surface area contributed by atoms with E-state index < -0.39 is 11.0 Å². The van der Waals surface area contributed by atoms with Crippen LogP contribution in [0.5, 0.6) is 0 Å². The molecule has 0 saturated carbocycles. The minimum Gasteiger partial charge on any atom is -0.308 e. The number of anilines is 2. The Kier molecular flexibility index (Phi) is 4.64. The minimum atomic E-state index is -0.534. The zero-order valence-corrected chi connectivity index (χ0v) is 13.3. The summed E-state index contributed by atoms with van der Waals surface area (Å²) < 4.78 is 0. The number of nitro benzene ring substituents is 1. The zero-order valence-electron chi connectivity index (χ0n) is 13.3. The normalized spacial score (nSPS) is 10.9. The molecular weight excluding hydrogens is 294 g/mol. The number of hydrogen-bond donors (Lipinski definition) is 2. The number of nitrogens with zero attached hydrogens (tertiary/aromatic N) is 1. The average molecular weight is 313 g/mol. The lowest BCUT2D eigenvalue weighted by Gasteiger charge is -2.19. The number of rotatable bonds is 3. The maximum absolute atomic E-state index is 12.0. The van der Waals surface area contributed by atoms with Gasteiger partial charge in [0.05, 0.1) is 4.92 Å². The SMILES string of the molecule is CC(C)(C)c1ccc(NC(=O)Nc2ccccc2[N+](=O)[O-])cc1. The van der Waals surface area contributed by atoms with E-state index >= 15 is 0 Å². The Balaban J connectivity index is 2.07. The van der Waals surface area contributed by atoms with Crippen LogP contribution in [0.15, 0.2) is 48.5 Å². The van der Waals surface area contributed by atoms with Crippen LogP contribution in [0, 0.1) is 10.1 Å². The first kappa shape index (κ1) is 16.5. The fourth-order valence-electron chi connectivity index (χ4n) is 2.08. The largest absolute Gasteiger partial charge is 0.323 e. The predicted molar refractivity (Wildman–Crippen MR) is 90.9 cm³/mol. The highest BCUT2D eigenvalue weighted by Gasteiger charge is 2.15. The molecule has 0 unspecified atom stereocenters. The number of nitro groups is 1. The van der Waals surface area contributed by atoms with E-state index in [2.05, 4.69) is 31.4 Å². The van der Waals surface area contributed by atoms with E-state index in [1.807, 2.05) is 12.1 Å². The fourth-order valence-corrected chi connectivity index (χ4v) is 2.08. The molecule has 2 aromatic rings. The van der Waals surface area contributed by atoms with E-state index in [1.54, 1.807) is 24.3 Å². The lowest BCUT2D eigenvalue weighted by Crippen LogP contribution is -2.20. The molecular formula is C17H19N3O3. The van der Waals surface area contributed by atoms with Gasteiger partial charge in [-0.05, 0) is 29.2 Å². The summed E-state index contributed by atoms with van der Waals surface area (Å²) in [6.07, 6.45) is 0. The Labute approximate surface area is 134 Å². The monoisotopic (exact) mass is 313 g/mol. The molecule has 0 radical (unpaired) electrons. The smallest absolute Gasteiger partial charge is 0.308 e. The van der Waals surface area contributed by atoms with Crippen molar-refractivity contribution in [3.8, 4) is 0 Å². The summed E-state index contributed by atoms with van der Waals surface area (Å²) >= 11 is 0. The number of benzene rings is 2. The maximum atomic E-state index is 12.0. The van der Waals surface area contributed by atoms with E-state index in [0.29, 0.717) is 5.69 Å². The van der Waals surface area contributed by atoms with Crippen molar-refractivity contribution in [2.75, 3.05) is 10.6 Å². The van der Waals surface area contributed by atoms with E-state index in [-0.39, 0.29) is 16.8 Å². The molecule has 6 heteroatoms. The molecule has 2 aromatic carbocycles. The van der Waals surface area contributed by atoms with Gasteiger partial charge in [0.2, 0.25) is 0 Å². The van der Waals surface area contributed by atoms with Crippen LogP contribution in [-0.2, 0) is 5.41 Å². The van der Waals surface area contributed by atoms with Gasteiger partial charge in [-0.2, -0.15) is 0 Å². The summed E-state index contributed by atoms with van der Waals surface area (Å²) in [5, 5.41) is 16.1. The first-order valence-corrected chi connectivity index (χ1v) is 7.19. The number of hydrogen-bond acceptors (Lipinski definition) is 3. The van der Waals surface area contributed by atoms with E-state index in [0.717, 1.165) is 5.56 Å². The molecule has 0 aliphatic carbocycles. The lowest BCUT2D eigenvalue weighted by atomic mass is 9.87. The Bertz CT molecular complexity index is 719. The van der Waals surface area contributed by atoms with Crippen LogP contribution in [0.25, 0.3) is 0 Å². The molecule has 0 atom stereocenters. The van der Waals surface area contributed by atoms with Crippen LogP contribution in [0.1, 0.15) is 26.3 Å². The van der Waals surface area contributed by atoms with Crippen LogP contribution in [0.3, 0.4) is 0 Å². The van der Waals surface area contributed by atoms with Gasteiger partial charge in [-0.1, -0.05) is 45.0 Å². The first-order chi connectivity index (χ1) is 10.8. The fraction of sp³-hybridized carbons (Fsp3) is 0.235. The van der Waals surface area contributed by atoms with Crippen molar-refractivity contribution >= 4 is 23.1 Å². The van der Waals surface area contributed by atoms with Crippen LogP contribution < -0.4 is 10.6 Å². The molecule has 2 rings (SSSR count). The predicted octanol–water partition coefficient (Wildman–Crippen LogP) is 4.54. The summed E-state index contributed by atoms with van der Waals surface area (Å²) in [5.41, 5.74) is 1.81. The van der Waals surface area contributed by atoms with Gasteiger partial charge < -0.3 is 10.6 Å². The number of amides is 2. The molecule has 6 nitrogen and oxygen atoms in total. The van der Waals surface area contributed by atoms with Gasteiger partial charge in [0, 0.05) is 11.8 Å². The van der Waals surface area contributed by atoms with E-state index in [1.165, 1.54) is 12.1 Å². The lowest BCUT2D eigenvalue weighted by molar-refractivity contribution is -0.383. The van der Waals surface area contributed by atoms with Crippen molar-refractivity contribution in [2.45, 2.75) is 26.2 Å². The van der Waals surface area contributed by atoms with Crippen LogP contribution >= 0.6 is 0 Å². The molecule has 0 bridgehead atoms. The Morgan fingerprint density at radius 2 is 1.61 bits per heavy atom. The summed E-state index contributed by atoms with van der Waals surface area (Å²) in [4.78, 5) is 22.4. The summed E-state index contributed by atoms with van der Waals surface area (Å²) in [5.74, 6) is 0. The van der Waals surface area contributed by atoms with Crippen LogP contribution in [-0.4, -0.2) is 11.0 Å². The number of carbonyl (C=O) groups is 1. The van der Waals surface area contributed by atoms with Crippen molar-refractivity contribution in [2.24, 2.45) is 0 Å². The molecule has 0 heterocycles. The highest BCUT2D eigenvalue weighted by Crippen LogP contribution is 2.25. The van der Waals surface area contributed by atoms with Gasteiger partial charge in [-0.3, -0.25) is 10.1 Å². The van der Waals surface area contributed by atoms with Gasteiger partial charge in [0.1, 0.15) is 5.69 Å². The second kappa shape index (κ2) is 6.48. The highest BCUT2D eigenvalue weighted by atomic mass is 16.6. The minimum absolute atomic E-state index is 0.0332. The molecule has 120 valence electrons. The van der Waals surface area contributed by atoms with Crippen molar-refractivity contribution < 1.29 is 9.72 Å². The van der Waals surface area contributed by atoms with E-state index in [9.17, 15) is 14.9 Å². The number of carbonyl (C=O) groups excluding carboxylic acids is 1. The standard InChI is InChI=1S/C17H19N3O3/c1-17(2,3)12-8-10-13(11-9-12)18-16(21)19-14-6-4-5-7-15(14)20(22)23/h4-11H,1-3H3,(H2,18,19,21). The summed E-state index contributed by atoms with van der Waals surface area (Å²) in [7, 11) is 0. The third kappa shape index (κ3) is 4.29. The topological polar surface area (TPSA) is 84.3 Å². The maximum Gasteiger partial charge on any atom is 0.323 e. The Morgan fingerprint density at radius 1 is 1.00 bits per heavy atom. The quantitative estimate of drug-likeness (QED) is 0.644. The summed E-state index contributed by atoms with van der Waals surface area (Å²) in [6, 6.07) is 13.0. The molecule has 0 aliphatic rings. The number of nitrogens with one attached hydrogen (secondary N) is 2. The van der Waals surface area contributed by atoms with Crippen molar-refractivity contribution in [3.63, 3.8) is 0 Å². The third-order valence-electron chi connectivity index (χ3n) is 3.36. The van der Waals surface area contributed by atoms with Crippen LogP contribution in [0.2, 0.25) is 0 Å². The number of para-hydroxylation sites is 2. The van der Waals surface area contributed by atoms with Gasteiger partial charge in [-0.15, -0.1) is 0 Å². The second-order valence-electron chi connectivity index (χ2n) is 6.18. The van der Waals surface area contributed by atoms with Gasteiger partial charge in [0.25, 0.3) is 5.69 Å². The zero-order chi connectivity index (χ0) is 17.0. The molecule has 0 aromatic heterocycles. The van der Waals surface area contributed by atoms with Crippen LogP contribution in [0.4, 0.5) is 21.9 Å². The molecule has 0 spiro atoms. The Hall–Kier alpha value is -2.89. The highest BCUT2D eigenvalue weighted by molar-refractivity contribution is 6.01. The number of urea groups is 1. The van der Waals surface area contributed by atoms with Gasteiger partial charge >= 0.3 is 6.03 Å². The Morgan fingerprint density at radius 3 is 2.17 bits per heavy atom. The van der Waals surface area contributed by atoms with E-state index in [4.69, 9.17) is 0 Å². The van der Waals surface area contributed by atoms with Crippen molar-refractivity contribution in [1.82, 2.24) is 0 Å². The first-order valence-electron chi connectivity index (χ1n) is 7.19. The average Bonchev–Trinajstić information content (AvgIpc) is 2.47. The molecule has 2 amide bonds. The van der Waals surface area contributed by atoms with Gasteiger partial charge in [-0.25, -0.2) is 4.79 Å². The second-order valence-corrected chi connectivity index (χ2v) is 6.18. The molecule has 0 aliphatic heterocycles. The van der Waals surface area contributed by atoms with Crippen molar-refractivity contribution in [1.29, 1.82) is 0 Å². The molecule has 2 N–H and O–H groups in total. The van der Waals surface area contributed by atoms with Gasteiger partial charge in [0.15, 0.2) is 0 Å². The molecule has 23 heavy (non-hydrogen) atoms. The summed E-state index contributed by atoms with van der Waals surface area (Å²) in [6.45, 7) is 6.32. The molecule has 0 fully saturated rings. The third-order valence-corrected chi connectivity index (χ3v) is 3.36.